The molecule has 3 N–H and O–H groups in total. The molecule has 2 rings (SSSR count). The zero-order valence-corrected chi connectivity index (χ0v) is 13.2. The van der Waals surface area contributed by atoms with Crippen LogP contribution in [-0.2, 0) is 6.54 Å². The molecule has 0 radical (unpaired) electrons. The number of benzene rings is 2. The van der Waals surface area contributed by atoms with E-state index >= 15 is 0 Å². The van der Waals surface area contributed by atoms with E-state index in [1.165, 1.54) is 0 Å². The van der Waals surface area contributed by atoms with Crippen LogP contribution in [0.3, 0.4) is 0 Å². The molecule has 0 aliphatic carbocycles. The first-order valence-corrected chi connectivity index (χ1v) is 7.50. The standard InChI is InChI=1S/C17H18N4S/c1-2-19-15-9-8-14(11-18)10-16(15)21-17(22)20-12-13-6-4-3-5-7-13/h3-10,19H,2,12H2,1H3,(H2,20,21,22). The van der Waals surface area contributed by atoms with Gasteiger partial charge < -0.3 is 16.0 Å². The maximum atomic E-state index is 9.02. The van der Waals surface area contributed by atoms with E-state index in [2.05, 4.69) is 22.0 Å². The molecular weight excluding hydrogens is 292 g/mol. The zero-order valence-electron chi connectivity index (χ0n) is 12.4. The number of nitrogens with one attached hydrogen (secondary N) is 3. The molecule has 112 valence electrons. The van der Waals surface area contributed by atoms with Crippen molar-refractivity contribution in [1.29, 1.82) is 5.26 Å². The van der Waals surface area contributed by atoms with Crippen LogP contribution in [0, 0.1) is 11.3 Å². The largest absolute Gasteiger partial charge is 0.384 e. The third-order valence-electron chi connectivity index (χ3n) is 3.06. The highest BCUT2D eigenvalue weighted by Gasteiger charge is 2.05. The van der Waals surface area contributed by atoms with Crippen molar-refractivity contribution in [3.8, 4) is 6.07 Å². The van der Waals surface area contributed by atoms with Gasteiger partial charge in [-0.25, -0.2) is 0 Å². The molecule has 0 saturated heterocycles. The summed E-state index contributed by atoms with van der Waals surface area (Å²) >= 11 is 5.33. The highest BCUT2D eigenvalue weighted by Crippen LogP contribution is 2.23. The summed E-state index contributed by atoms with van der Waals surface area (Å²) in [5.74, 6) is 0. The predicted octanol–water partition coefficient (Wildman–Crippen LogP) is 3.48. The highest BCUT2D eigenvalue weighted by atomic mass is 32.1. The van der Waals surface area contributed by atoms with Crippen LogP contribution in [0.4, 0.5) is 11.4 Å². The van der Waals surface area contributed by atoms with E-state index < -0.39 is 0 Å². The molecule has 0 atom stereocenters. The minimum Gasteiger partial charge on any atom is -0.384 e. The summed E-state index contributed by atoms with van der Waals surface area (Å²) in [6, 6.07) is 17.6. The van der Waals surface area contributed by atoms with Crippen molar-refractivity contribution < 1.29 is 0 Å². The van der Waals surface area contributed by atoms with Crippen molar-refractivity contribution in [1.82, 2.24) is 5.32 Å². The Hall–Kier alpha value is -2.58. The normalized spacial score (nSPS) is 9.64. The Balaban J connectivity index is 2.02. The van der Waals surface area contributed by atoms with Gasteiger partial charge in [0.2, 0.25) is 0 Å². The zero-order chi connectivity index (χ0) is 15.8. The van der Waals surface area contributed by atoms with Gasteiger partial charge in [0.15, 0.2) is 5.11 Å². The molecular formula is C17H18N4S. The average Bonchev–Trinajstić information content (AvgIpc) is 2.55. The summed E-state index contributed by atoms with van der Waals surface area (Å²) in [7, 11) is 0. The lowest BCUT2D eigenvalue weighted by Gasteiger charge is -2.15. The lowest BCUT2D eigenvalue weighted by molar-refractivity contribution is 0.926. The molecule has 0 saturated carbocycles. The van der Waals surface area contributed by atoms with Gasteiger partial charge in [0.1, 0.15) is 0 Å². The first-order valence-electron chi connectivity index (χ1n) is 7.09. The third-order valence-corrected chi connectivity index (χ3v) is 3.31. The first kappa shape index (κ1) is 15.8. The maximum Gasteiger partial charge on any atom is 0.171 e. The van der Waals surface area contributed by atoms with Crippen molar-refractivity contribution in [2.24, 2.45) is 0 Å². The highest BCUT2D eigenvalue weighted by molar-refractivity contribution is 7.80. The maximum absolute atomic E-state index is 9.02. The molecule has 0 fully saturated rings. The van der Waals surface area contributed by atoms with Crippen LogP contribution in [0.5, 0.6) is 0 Å². The molecule has 5 heteroatoms. The fourth-order valence-electron chi connectivity index (χ4n) is 2.01. The summed E-state index contributed by atoms with van der Waals surface area (Å²) in [6.45, 7) is 3.47. The second-order valence-corrected chi connectivity index (χ2v) is 5.10. The molecule has 0 amide bonds. The van der Waals surface area contributed by atoms with Gasteiger partial charge in [-0.15, -0.1) is 0 Å². The molecule has 0 unspecified atom stereocenters. The molecule has 0 bridgehead atoms. The fourth-order valence-corrected chi connectivity index (χ4v) is 2.19. The van der Waals surface area contributed by atoms with Crippen molar-refractivity contribution in [3.63, 3.8) is 0 Å². The lowest BCUT2D eigenvalue weighted by atomic mass is 10.2. The number of nitriles is 1. The smallest absolute Gasteiger partial charge is 0.171 e. The topological polar surface area (TPSA) is 59.9 Å². The number of hydrogen-bond donors (Lipinski definition) is 3. The molecule has 0 aromatic heterocycles. The molecule has 4 nitrogen and oxygen atoms in total. The molecule has 0 spiro atoms. The molecule has 2 aromatic rings. The SMILES string of the molecule is CCNc1ccc(C#N)cc1NC(=S)NCc1ccccc1. The van der Waals surface area contributed by atoms with Gasteiger partial charge >= 0.3 is 0 Å². The van der Waals surface area contributed by atoms with Crippen LogP contribution in [0.15, 0.2) is 48.5 Å². The Morgan fingerprint density at radius 3 is 2.59 bits per heavy atom. The minimum atomic E-state index is 0.526. The molecule has 0 aliphatic rings. The Bertz CT molecular complexity index is 677. The summed E-state index contributed by atoms with van der Waals surface area (Å²) in [5, 5.41) is 19.1. The summed E-state index contributed by atoms with van der Waals surface area (Å²) in [5.41, 5.74) is 3.47. The average molecular weight is 310 g/mol. The Labute approximate surface area is 136 Å². The van der Waals surface area contributed by atoms with Crippen LogP contribution in [0.2, 0.25) is 0 Å². The van der Waals surface area contributed by atoms with E-state index in [0.717, 1.165) is 23.5 Å². The van der Waals surface area contributed by atoms with Crippen LogP contribution >= 0.6 is 12.2 Å². The number of rotatable bonds is 5. The van der Waals surface area contributed by atoms with E-state index in [9.17, 15) is 0 Å². The fraction of sp³-hybridized carbons (Fsp3) is 0.176. The van der Waals surface area contributed by atoms with Crippen molar-refractivity contribution >= 4 is 28.7 Å². The molecule has 0 heterocycles. The van der Waals surface area contributed by atoms with Gasteiger partial charge in [-0.3, -0.25) is 0 Å². The molecule has 0 aliphatic heterocycles. The van der Waals surface area contributed by atoms with E-state index in [1.54, 1.807) is 12.1 Å². The van der Waals surface area contributed by atoms with Crippen molar-refractivity contribution in [3.05, 3.63) is 59.7 Å². The van der Waals surface area contributed by atoms with E-state index in [0.29, 0.717) is 17.2 Å². The second kappa shape index (κ2) is 8.01. The van der Waals surface area contributed by atoms with Gasteiger partial charge in [-0.1, -0.05) is 30.3 Å². The van der Waals surface area contributed by atoms with Crippen LogP contribution in [-0.4, -0.2) is 11.7 Å². The van der Waals surface area contributed by atoms with Crippen LogP contribution in [0.1, 0.15) is 18.1 Å². The first-order chi connectivity index (χ1) is 10.7. The van der Waals surface area contributed by atoms with Gasteiger partial charge in [-0.2, -0.15) is 5.26 Å². The molecule has 2 aromatic carbocycles. The monoisotopic (exact) mass is 310 g/mol. The van der Waals surface area contributed by atoms with Crippen molar-refractivity contribution in [2.75, 3.05) is 17.2 Å². The Morgan fingerprint density at radius 2 is 1.91 bits per heavy atom. The summed E-state index contributed by atoms with van der Waals surface area (Å²) < 4.78 is 0. The number of hydrogen-bond acceptors (Lipinski definition) is 3. The van der Waals surface area contributed by atoms with E-state index in [1.807, 2.05) is 43.3 Å². The van der Waals surface area contributed by atoms with E-state index in [-0.39, 0.29) is 0 Å². The predicted molar refractivity (Wildman–Crippen MR) is 94.8 cm³/mol. The molecule has 22 heavy (non-hydrogen) atoms. The van der Waals surface area contributed by atoms with Crippen molar-refractivity contribution in [2.45, 2.75) is 13.5 Å². The van der Waals surface area contributed by atoms with Gasteiger partial charge in [0, 0.05) is 13.1 Å². The summed E-state index contributed by atoms with van der Waals surface area (Å²) in [6.07, 6.45) is 0. The van der Waals surface area contributed by atoms with Crippen LogP contribution < -0.4 is 16.0 Å². The second-order valence-electron chi connectivity index (χ2n) is 4.70. The summed E-state index contributed by atoms with van der Waals surface area (Å²) in [4.78, 5) is 0. The number of anilines is 2. The van der Waals surface area contributed by atoms with Gasteiger partial charge in [0.05, 0.1) is 23.0 Å². The van der Waals surface area contributed by atoms with Gasteiger partial charge in [0.25, 0.3) is 0 Å². The van der Waals surface area contributed by atoms with Crippen LogP contribution in [0.25, 0.3) is 0 Å². The number of thiocarbonyl (C=S) groups is 1. The Morgan fingerprint density at radius 1 is 1.14 bits per heavy atom. The third kappa shape index (κ3) is 4.47. The lowest BCUT2D eigenvalue weighted by Crippen LogP contribution is -2.28. The van der Waals surface area contributed by atoms with Gasteiger partial charge in [-0.05, 0) is 42.9 Å². The Kier molecular flexibility index (Phi) is 5.75. The quantitative estimate of drug-likeness (QED) is 0.738. The van der Waals surface area contributed by atoms with E-state index in [4.69, 9.17) is 17.5 Å². The minimum absolute atomic E-state index is 0.526. The number of nitrogens with zero attached hydrogens (tertiary/aromatic N) is 1.